The molecule has 19 nitrogen and oxygen atoms in total. The van der Waals surface area contributed by atoms with Crippen molar-refractivity contribution in [3.63, 3.8) is 0 Å². The van der Waals surface area contributed by atoms with Crippen molar-refractivity contribution >= 4 is 55.9 Å². The van der Waals surface area contributed by atoms with Gasteiger partial charge in [-0.3, -0.25) is 27.9 Å². The van der Waals surface area contributed by atoms with E-state index in [1.165, 1.54) is 0 Å². The summed E-state index contributed by atoms with van der Waals surface area (Å²) in [5.74, 6) is 3.04. The molecule has 0 spiro atoms. The summed E-state index contributed by atoms with van der Waals surface area (Å²) in [6, 6.07) is 48.0. The van der Waals surface area contributed by atoms with Crippen LogP contribution in [0.4, 0.5) is 0 Å². The van der Waals surface area contributed by atoms with Crippen LogP contribution in [0.2, 0.25) is 0 Å². The number of piperidine rings is 2. The number of likely N-dealkylation sites (tertiary alicyclic amines) is 2. The summed E-state index contributed by atoms with van der Waals surface area (Å²) in [5, 5.41) is 0. The van der Waals surface area contributed by atoms with E-state index >= 15 is 0 Å². The molecule has 6 aromatic carbocycles. The fourth-order valence-corrected chi connectivity index (χ4v) is 13.7. The predicted molar refractivity (Wildman–Crippen MR) is 369 cm³/mol. The second-order valence-corrected chi connectivity index (χ2v) is 24.8. The minimum Gasteiger partial charge on any atom is -0.385 e. The highest BCUT2D eigenvalue weighted by Gasteiger charge is 2.31. The molecule has 19 heteroatoms. The van der Waals surface area contributed by atoms with Crippen LogP contribution in [0.1, 0.15) is 100 Å². The number of rotatable bonds is 26. The van der Waals surface area contributed by atoms with Crippen molar-refractivity contribution < 1.29 is 28.5 Å². The van der Waals surface area contributed by atoms with Gasteiger partial charge in [0.15, 0.2) is 0 Å². The zero-order valence-electron chi connectivity index (χ0n) is 54.0. The fourth-order valence-electron chi connectivity index (χ4n) is 13.7. The van der Waals surface area contributed by atoms with Gasteiger partial charge in [-0.2, -0.15) is 0 Å². The minimum atomic E-state index is -0.309. The van der Waals surface area contributed by atoms with Crippen LogP contribution in [0.25, 0.3) is 55.5 Å². The van der Waals surface area contributed by atoms with Gasteiger partial charge in [0.25, 0.3) is 0 Å². The third-order valence-electron chi connectivity index (χ3n) is 18.2. The van der Waals surface area contributed by atoms with Crippen LogP contribution in [0.5, 0.6) is 0 Å². The van der Waals surface area contributed by atoms with Gasteiger partial charge >= 0.3 is 11.4 Å². The molecule has 2 amide bonds. The van der Waals surface area contributed by atoms with Crippen molar-refractivity contribution in [2.45, 2.75) is 123 Å². The van der Waals surface area contributed by atoms with Crippen LogP contribution < -0.4 is 17.1 Å². The summed E-state index contributed by atoms with van der Waals surface area (Å²) in [7, 11) is 6.74. The van der Waals surface area contributed by atoms with Crippen molar-refractivity contribution in [3.8, 4) is 11.4 Å². The number of aryl methyl sites for hydroxylation is 2. The lowest BCUT2D eigenvalue weighted by molar-refractivity contribution is -0.133. The number of carbonyl (C=O) groups is 2. The van der Waals surface area contributed by atoms with Gasteiger partial charge in [0.2, 0.25) is 11.8 Å². The lowest BCUT2D eigenvalue weighted by atomic mass is 9.94. The van der Waals surface area contributed by atoms with E-state index in [0.29, 0.717) is 65.4 Å². The van der Waals surface area contributed by atoms with Gasteiger partial charge in [0.05, 0.1) is 81.8 Å². The maximum absolute atomic E-state index is 13.6. The third-order valence-corrected chi connectivity index (χ3v) is 18.2. The Hall–Kier alpha value is -8.46. The van der Waals surface area contributed by atoms with Gasteiger partial charge in [0.1, 0.15) is 11.6 Å². The summed E-state index contributed by atoms with van der Waals surface area (Å²) in [5.41, 5.74) is 18.0. The highest BCUT2D eigenvalue weighted by molar-refractivity contribution is 5.81. The average Bonchev–Trinajstić information content (AvgIpc) is 1.72. The number of fused-ring (bicyclic) bond motifs is 4. The number of carbonyl (C=O) groups excluding carboxylic acids is 2. The van der Waals surface area contributed by atoms with Gasteiger partial charge in [0, 0.05) is 112 Å². The number of aromatic nitrogens is 8. The summed E-state index contributed by atoms with van der Waals surface area (Å²) in [4.78, 5) is 67.9. The number of amides is 2. The number of ether oxygens (including phenoxy) is 4. The molecule has 0 radical (unpaired) electrons. The van der Waals surface area contributed by atoms with Crippen LogP contribution >= 0.6 is 0 Å². The molecular weight excluding hydrogens is 1170 g/mol. The molecule has 2 fully saturated rings. The zero-order valence-corrected chi connectivity index (χ0v) is 54.0. The number of hydrogen-bond acceptors (Lipinski definition) is 11. The first-order valence-corrected chi connectivity index (χ1v) is 32.7. The largest absolute Gasteiger partial charge is 0.385 e. The molecule has 10 aromatic rings. The smallest absolute Gasteiger partial charge is 0.333 e. The zero-order chi connectivity index (χ0) is 64.1. The van der Waals surface area contributed by atoms with Crippen LogP contribution in [0, 0.1) is 5.92 Å². The maximum atomic E-state index is 13.6. The van der Waals surface area contributed by atoms with Gasteiger partial charge < -0.3 is 43.6 Å². The van der Waals surface area contributed by atoms with E-state index in [1.54, 1.807) is 46.7 Å². The molecular formula is C74H93N11O8. The molecule has 12 rings (SSSR count). The van der Waals surface area contributed by atoms with Gasteiger partial charge in [-0.1, -0.05) is 87.1 Å². The molecule has 6 heterocycles. The highest BCUT2D eigenvalue weighted by atomic mass is 16.5. The van der Waals surface area contributed by atoms with E-state index in [9.17, 15) is 19.2 Å². The lowest BCUT2D eigenvalue weighted by Crippen LogP contribution is -2.42. The predicted octanol–water partition coefficient (Wildman–Crippen LogP) is 10.9. The van der Waals surface area contributed by atoms with E-state index in [4.69, 9.17) is 34.6 Å². The minimum absolute atomic E-state index is 0. The first kappa shape index (κ1) is 67.4. The quantitative estimate of drug-likeness (QED) is 0.0507. The highest BCUT2D eigenvalue weighted by Crippen LogP contribution is 2.33. The summed E-state index contributed by atoms with van der Waals surface area (Å²) in [6.07, 6.45) is 7.94. The number of para-hydroxylation sites is 8. The van der Waals surface area contributed by atoms with Crippen molar-refractivity contribution in [2.75, 3.05) is 81.0 Å². The van der Waals surface area contributed by atoms with Gasteiger partial charge in [-0.25, -0.2) is 19.6 Å². The van der Waals surface area contributed by atoms with E-state index in [-0.39, 0.29) is 60.8 Å². The molecule has 2 saturated heterocycles. The molecule has 0 saturated carbocycles. The Morgan fingerprint density at radius 3 is 1.30 bits per heavy atom. The number of nitrogens with zero attached hydrogens (tertiary/aromatic N) is 10. The summed E-state index contributed by atoms with van der Waals surface area (Å²) in [6.45, 7) is 10.1. The van der Waals surface area contributed by atoms with Crippen LogP contribution in [0.15, 0.2) is 155 Å². The van der Waals surface area contributed by atoms with Gasteiger partial charge in [-0.05, 0) is 141 Å². The topological polar surface area (TPSA) is 193 Å². The van der Waals surface area contributed by atoms with E-state index in [0.717, 1.165) is 149 Å². The standard InChI is InChI=1S/C37H45N5O4.C36H44N6O4.CH4/c1-27(24-28-15-17-30(18-16-28)42-34-14-7-6-13-33(34)41(37(42)44)21-23-46-3)25-35(43)39-19-8-10-29(26-39)36-38-31-11-4-5-12-32(31)40(36)20-9-22-45-2;1-45-21-8-19-40-31-11-4-3-10-30(31)38-35(40)27-9-7-18-39(25-27)34(43)24-28(37)23-26-14-16-29(17-15-26)42-33-13-6-5-12-32(33)41(36(42)44)20-22-46-2;/h4-7,11-18,27,29H,8-10,19-26H2,1-3H3;3-6,10-17,27-28H,7-9,18-25,37H2,1-2H3;1H4/t27-,29-;27-,28-;/m11./s1. The molecule has 0 bridgehead atoms. The number of hydrogen-bond donors (Lipinski definition) is 1. The van der Waals surface area contributed by atoms with E-state index in [1.807, 2.05) is 102 Å². The summed E-state index contributed by atoms with van der Waals surface area (Å²) >= 11 is 0. The Balaban J connectivity index is 0.000000201. The number of methoxy groups -OCH3 is 4. The lowest BCUT2D eigenvalue weighted by Gasteiger charge is -2.33. The molecule has 4 aromatic heterocycles. The molecule has 0 aliphatic carbocycles. The Morgan fingerprint density at radius 1 is 0.484 bits per heavy atom. The number of nitrogens with two attached hydrogens (primary N) is 1. The van der Waals surface area contributed by atoms with Crippen molar-refractivity contribution in [2.24, 2.45) is 11.7 Å². The molecule has 2 aliphatic rings. The Labute approximate surface area is 545 Å². The molecule has 93 heavy (non-hydrogen) atoms. The van der Waals surface area contributed by atoms with E-state index < -0.39 is 0 Å². The maximum Gasteiger partial charge on any atom is 0.333 e. The fraction of sp³-hybridized carbons (Fsp3) is 0.432. The second kappa shape index (κ2) is 31.9. The number of benzene rings is 6. The third kappa shape index (κ3) is 15.5. The molecule has 492 valence electrons. The van der Waals surface area contributed by atoms with E-state index in [2.05, 4.69) is 69.5 Å². The Morgan fingerprint density at radius 2 is 0.871 bits per heavy atom. The van der Waals surface area contributed by atoms with Crippen molar-refractivity contribution in [1.82, 2.24) is 47.2 Å². The Kier molecular flexibility index (Phi) is 23.1. The molecule has 2 aliphatic heterocycles. The first-order valence-electron chi connectivity index (χ1n) is 32.7. The number of imidazole rings is 4. The first-order chi connectivity index (χ1) is 45.0. The summed E-state index contributed by atoms with van der Waals surface area (Å²) < 4.78 is 32.8. The second-order valence-electron chi connectivity index (χ2n) is 24.8. The van der Waals surface area contributed by atoms with Crippen LogP contribution in [0.3, 0.4) is 0 Å². The van der Waals surface area contributed by atoms with Gasteiger partial charge in [-0.15, -0.1) is 0 Å². The monoisotopic (exact) mass is 1260 g/mol. The Bertz CT molecular complexity index is 3950. The molecule has 2 N–H and O–H groups in total. The molecule has 0 unspecified atom stereocenters. The van der Waals surface area contributed by atoms with Crippen LogP contribution in [-0.2, 0) is 67.6 Å². The van der Waals surface area contributed by atoms with Crippen LogP contribution in [-0.4, -0.2) is 146 Å². The normalized spacial score (nSPS) is 15.8. The van der Waals surface area contributed by atoms with Crippen molar-refractivity contribution in [3.05, 3.63) is 189 Å². The molecule has 4 atom stereocenters. The average molecular weight is 1260 g/mol. The SMILES string of the molecule is C.COCCCn1c([C@@H]2CCCN(C(=O)C[C@H](C)Cc3ccc(-n4c(=O)n(CCOC)c5ccccc54)cc3)C2)nc2ccccc21.COCCCn1c([C@@H]2CCCN(C(=O)C[C@H](N)Cc3ccc(-n4c(=O)n(CCOC)c5ccccc54)cc3)C2)nc2ccccc21. The van der Waals surface area contributed by atoms with Crippen molar-refractivity contribution in [1.29, 1.82) is 0 Å².